The third-order valence-electron chi connectivity index (χ3n) is 24.1. The molecule has 4 aliphatic rings. The van der Waals surface area contributed by atoms with Crippen LogP contribution in [0.25, 0.3) is 0 Å². The van der Waals surface area contributed by atoms with E-state index in [4.69, 9.17) is 68.5 Å². The summed E-state index contributed by atoms with van der Waals surface area (Å²) in [5, 5.41) is 20.5. The van der Waals surface area contributed by atoms with Crippen LogP contribution in [-0.4, -0.2) is 42.8 Å². The molecule has 5 amide bonds. The van der Waals surface area contributed by atoms with Crippen LogP contribution in [0, 0.1) is 10.1 Å². The quantitative estimate of drug-likeness (QED) is 0.0644. The van der Waals surface area contributed by atoms with Crippen LogP contribution in [0.2, 0.25) is 25.1 Å². The molecule has 0 spiro atoms. The van der Waals surface area contributed by atoms with Gasteiger partial charge in [-0.15, -0.1) is 0 Å². The molecule has 0 saturated heterocycles. The van der Waals surface area contributed by atoms with Crippen molar-refractivity contribution < 1.29 is 28.8 Å². The van der Waals surface area contributed by atoms with Gasteiger partial charge in [-0.05, 0) is 223 Å². The number of benzene rings is 16. The van der Waals surface area contributed by atoms with Crippen molar-refractivity contribution in [2.75, 3.05) is 50.1 Å². The number of urea groups is 1. The smallest absolute Gasteiger partial charge is 0.326 e. The van der Waals surface area contributed by atoms with Crippen LogP contribution in [0.3, 0.4) is 0 Å². The van der Waals surface area contributed by atoms with Gasteiger partial charge in [0.25, 0.3) is 23.4 Å². The van der Waals surface area contributed by atoms with Gasteiger partial charge in [-0.2, -0.15) is 0 Å². The number of methoxy groups -OCH3 is 1. The number of anilines is 7. The molecule has 15 nitrogen and oxygen atoms in total. The van der Waals surface area contributed by atoms with Gasteiger partial charge >= 0.3 is 6.03 Å². The molecular formula is C110H85Cl5N8O7. The van der Waals surface area contributed by atoms with Crippen molar-refractivity contribution in [2.24, 2.45) is 0 Å². The number of para-hydroxylation sites is 4. The molecule has 0 saturated carbocycles. The number of non-ortho nitro benzene ring substituents is 1. The largest absolute Gasteiger partial charge is 0.496 e. The van der Waals surface area contributed by atoms with E-state index in [0.29, 0.717) is 63.5 Å². The number of carbonyl (C=O) groups excluding carboxylic acids is 4. The number of nitro benzene ring substituents is 1. The first kappa shape index (κ1) is 87.5. The van der Waals surface area contributed by atoms with Gasteiger partial charge in [0.2, 0.25) is 0 Å². The molecule has 16 aromatic carbocycles. The number of hydrogen-bond donors (Lipinski definition) is 3. The molecule has 0 fully saturated rings. The highest BCUT2D eigenvalue weighted by molar-refractivity contribution is 6.33. The first-order valence-electron chi connectivity index (χ1n) is 42.3. The Morgan fingerprint density at radius 3 is 1.08 bits per heavy atom. The van der Waals surface area contributed by atoms with Crippen molar-refractivity contribution in [3.05, 3.63) is 523 Å². The van der Waals surface area contributed by atoms with Crippen LogP contribution in [0.1, 0.15) is 144 Å². The summed E-state index contributed by atoms with van der Waals surface area (Å²) in [7, 11) is 3.48. The van der Waals surface area contributed by atoms with E-state index in [-0.39, 0.29) is 59.7 Å². The van der Waals surface area contributed by atoms with Crippen molar-refractivity contribution in [1.29, 1.82) is 0 Å². The summed E-state index contributed by atoms with van der Waals surface area (Å²) in [6.07, 6.45) is 0. The van der Waals surface area contributed by atoms with Crippen LogP contribution in [-0.2, 0) is 26.2 Å². The Morgan fingerprint density at radius 1 is 0.338 bits per heavy atom. The summed E-state index contributed by atoms with van der Waals surface area (Å²) in [6, 6.07) is 122. The number of nitro groups is 1. The number of fused-ring (bicyclic) bond motifs is 8. The van der Waals surface area contributed by atoms with E-state index in [0.717, 1.165) is 127 Å². The topological polar surface area (TPSA) is 184 Å². The first-order valence-corrected chi connectivity index (χ1v) is 44.2. The molecule has 20 heteroatoms. The van der Waals surface area contributed by atoms with Crippen molar-refractivity contribution in [1.82, 2.24) is 0 Å². The first-order chi connectivity index (χ1) is 63.4. The lowest BCUT2D eigenvalue weighted by Gasteiger charge is -2.25. The maximum Gasteiger partial charge on any atom is 0.326 e. The van der Waals surface area contributed by atoms with E-state index in [1.165, 1.54) is 29.8 Å². The van der Waals surface area contributed by atoms with Gasteiger partial charge in [0, 0.05) is 130 Å². The number of hydrogen-bond acceptors (Lipinski definition) is 9. The van der Waals surface area contributed by atoms with Gasteiger partial charge in [-0.1, -0.05) is 289 Å². The zero-order valence-corrected chi connectivity index (χ0v) is 74.4. The van der Waals surface area contributed by atoms with Gasteiger partial charge in [0.1, 0.15) is 5.75 Å². The predicted molar refractivity (Wildman–Crippen MR) is 526 cm³/mol. The lowest BCUT2D eigenvalue weighted by Crippen LogP contribution is -2.34. The molecular weight excluding hydrogens is 1720 g/mol. The van der Waals surface area contributed by atoms with Gasteiger partial charge in [-0.25, -0.2) is 4.79 Å². The summed E-state index contributed by atoms with van der Waals surface area (Å²) in [4.78, 5) is 72.4. The van der Waals surface area contributed by atoms with Gasteiger partial charge in [0.15, 0.2) is 0 Å². The third-order valence-corrected chi connectivity index (χ3v) is 25.7. The summed E-state index contributed by atoms with van der Waals surface area (Å²) in [5.74, 6) is -0.221. The molecule has 4 atom stereocenters. The maximum absolute atomic E-state index is 13.8. The number of nitrogen functional groups attached to an aromatic ring is 1. The van der Waals surface area contributed by atoms with Crippen LogP contribution in [0.15, 0.2) is 382 Å². The minimum atomic E-state index is -0.492. The van der Waals surface area contributed by atoms with E-state index >= 15 is 0 Å². The molecule has 0 aliphatic carbocycles. The van der Waals surface area contributed by atoms with Gasteiger partial charge < -0.3 is 35.8 Å². The average molecular weight is 1810 g/mol. The SMILES string of the molecule is CNc1ccc(C(=O)N2Cc3ccccc3C(c3ccccc3Cl)c3ccccc32)cc1.COc1cccc2c1C(c1ccccc1Cl)c1cc(Cl)ccc1N(C(=O)c1ccc([N+](=O)[O-])cc1)C2.Nc1ccc(C(=O)N2Cc3ccccc3C(c3ccccc3Cl)c3ccccc32)cc1.O=C(Nc1ccccc1)N1Cc2ccccc2C(c2ccccc2Cl)c2ccccc21. The molecule has 20 rings (SSSR count). The second-order valence-electron chi connectivity index (χ2n) is 31.6. The molecule has 16 aromatic rings. The Bertz CT molecular complexity index is 6920. The van der Waals surface area contributed by atoms with Gasteiger partial charge in [0.05, 0.1) is 38.2 Å². The minimum absolute atomic E-state index is 0.0188. The maximum atomic E-state index is 13.8. The third kappa shape index (κ3) is 18.2. The van der Waals surface area contributed by atoms with Gasteiger partial charge in [-0.3, -0.25) is 29.4 Å². The van der Waals surface area contributed by atoms with E-state index in [1.54, 1.807) is 42.3 Å². The number of ether oxygens (including phenoxy) is 1. The second kappa shape index (κ2) is 39.4. The Balaban J connectivity index is 0.000000122. The fourth-order valence-electron chi connectivity index (χ4n) is 17.9. The Hall–Kier alpha value is -14.6. The summed E-state index contributed by atoms with van der Waals surface area (Å²) < 4.78 is 5.78. The van der Waals surface area contributed by atoms with Crippen LogP contribution in [0.5, 0.6) is 5.75 Å². The molecule has 0 radical (unpaired) electrons. The highest BCUT2D eigenvalue weighted by Gasteiger charge is 2.39. The van der Waals surface area contributed by atoms with Crippen LogP contribution < -0.4 is 40.7 Å². The zero-order chi connectivity index (χ0) is 90.1. The molecule has 4 unspecified atom stereocenters. The zero-order valence-electron chi connectivity index (χ0n) is 70.6. The number of amides is 5. The van der Waals surface area contributed by atoms with Crippen molar-refractivity contribution in [2.45, 2.75) is 49.9 Å². The number of halogens is 5. The van der Waals surface area contributed by atoms with Crippen molar-refractivity contribution in [3.8, 4) is 5.75 Å². The summed E-state index contributed by atoms with van der Waals surface area (Å²) in [5.41, 5.74) is 29.7. The number of nitrogens with zero attached hydrogens (tertiary/aromatic N) is 5. The highest BCUT2D eigenvalue weighted by Crippen LogP contribution is 2.52. The second-order valence-corrected chi connectivity index (χ2v) is 33.7. The number of carbonyl (C=O) groups is 4. The van der Waals surface area contributed by atoms with E-state index in [2.05, 4.69) is 89.5 Å². The van der Waals surface area contributed by atoms with E-state index < -0.39 is 4.92 Å². The summed E-state index contributed by atoms with van der Waals surface area (Å²) >= 11 is 33.2. The Labute approximate surface area is 779 Å². The molecule has 130 heavy (non-hydrogen) atoms. The fourth-order valence-corrected chi connectivity index (χ4v) is 19.1. The molecule has 0 bridgehead atoms. The van der Waals surface area contributed by atoms with E-state index in [9.17, 15) is 29.3 Å². The number of nitrogens with two attached hydrogens (primary N) is 1. The number of nitrogens with one attached hydrogen (secondary N) is 2. The average Bonchev–Trinajstić information content (AvgIpc) is 1.58. The Kier molecular flexibility index (Phi) is 26.5. The molecule has 4 aliphatic heterocycles. The predicted octanol–water partition coefficient (Wildman–Crippen LogP) is 27.3. The fraction of sp³-hybridized carbons (Fsp3) is 0.0909. The van der Waals surface area contributed by atoms with Crippen molar-refractivity contribution in [3.63, 3.8) is 0 Å². The van der Waals surface area contributed by atoms with Crippen LogP contribution in [0.4, 0.5) is 50.3 Å². The monoisotopic (exact) mass is 1800 g/mol. The lowest BCUT2D eigenvalue weighted by atomic mass is 9.82. The minimum Gasteiger partial charge on any atom is -0.496 e. The normalized spacial score (nSPS) is 14.8. The molecule has 642 valence electrons. The Morgan fingerprint density at radius 2 is 0.669 bits per heavy atom. The summed E-state index contributed by atoms with van der Waals surface area (Å²) in [6.45, 7) is 1.73. The molecule has 4 heterocycles. The lowest BCUT2D eigenvalue weighted by molar-refractivity contribution is -0.384. The number of rotatable bonds is 11. The standard InChI is InChI=1S/C28H20Cl2N2O4.C28H23ClN2O.2C27H21ClN2O/c1-36-25-8-4-5-18-16-31(28(33)17-9-12-20(13-10-17)32(34)35)24-14-11-19(29)15-22(24)27(26(18)25)21-6-2-3-7-23(21)30;1-30-21-16-14-19(15-17-21)28(32)31-18-20-8-2-3-9-22(20)27(23-10-4-6-12-25(23)29)24-11-5-7-13-26(24)31;28-24-11-5-3-9-22(24)26-21-8-2-1-7-19(21)17-30(25-12-6-4-10-23(25)26)27(31)18-13-15-20(29)16-14-18;28-24-16-8-6-14-22(24)26-21-13-5-4-10-19(21)18-30(25-17-9-7-15-23(25)26)27(31)29-20-11-2-1-3-12-20/h2-15,27H,16H2,1H3;2-17,27,30H,18H2,1H3;1-16,26H,17,29H2;1-17,26H,18H2,(H,29,31). The van der Waals surface area contributed by atoms with Crippen molar-refractivity contribution >= 4 is 127 Å². The molecule has 4 N–H and O–H groups in total. The highest BCUT2D eigenvalue weighted by atomic mass is 35.5. The van der Waals surface area contributed by atoms with Crippen LogP contribution >= 0.6 is 58.0 Å². The molecule has 0 aromatic heterocycles. The van der Waals surface area contributed by atoms with E-state index in [1.807, 2.05) is 270 Å².